The molecule has 0 heterocycles. The van der Waals surface area contributed by atoms with Crippen LogP contribution in [0.15, 0.2) is 0 Å². The summed E-state index contributed by atoms with van der Waals surface area (Å²) in [5, 5.41) is 9.00. The standard InChI is InChI=1S/C2H8N2O3/c1-2-6-4(5)7-3/h4H,2-3H2,1H3. The summed E-state index contributed by atoms with van der Waals surface area (Å²) in [6, 6.07) is 0. The number of hydrogen-bond acceptors (Lipinski definition) is 4. The van der Waals surface area contributed by atoms with Gasteiger partial charge in [-0.3, -0.25) is 0 Å². The summed E-state index contributed by atoms with van der Waals surface area (Å²) in [5.74, 6) is 4.38. The highest BCUT2D eigenvalue weighted by Crippen LogP contribution is 1.50. The smallest absolute Gasteiger partial charge is 0.108 e. The van der Waals surface area contributed by atoms with Gasteiger partial charge in [0.25, 0.3) is 0 Å². The lowest BCUT2D eigenvalue weighted by Crippen LogP contribution is -3.06. The molecule has 1 atom stereocenters. The lowest BCUT2D eigenvalue weighted by Gasteiger charge is -2.10. The molecule has 1 unspecified atom stereocenters. The molecule has 0 aliphatic rings. The van der Waals surface area contributed by atoms with E-state index in [1.807, 2.05) is 0 Å². The van der Waals surface area contributed by atoms with Gasteiger partial charge in [0.15, 0.2) is 0 Å². The van der Waals surface area contributed by atoms with E-state index < -0.39 is 5.39 Å². The van der Waals surface area contributed by atoms with Gasteiger partial charge in [-0.2, -0.15) is 10.7 Å². The highest BCUT2D eigenvalue weighted by Gasteiger charge is 1.87. The lowest BCUT2D eigenvalue weighted by molar-refractivity contribution is -1.21. The van der Waals surface area contributed by atoms with Crippen LogP contribution in [0.4, 0.5) is 0 Å². The van der Waals surface area contributed by atoms with Gasteiger partial charge in [-0.15, -0.1) is 0 Å². The summed E-state index contributed by atoms with van der Waals surface area (Å²) in [6.45, 7) is 1.95. The average Bonchev–Trinajstić information content (AvgIpc) is 1.68. The molecule has 0 radical (unpaired) electrons. The van der Waals surface area contributed by atoms with E-state index in [0.717, 1.165) is 0 Å². The second-order valence-electron chi connectivity index (χ2n) is 0.801. The molecule has 3 N–H and O–H groups in total. The van der Waals surface area contributed by atoms with E-state index in [4.69, 9.17) is 0 Å². The van der Waals surface area contributed by atoms with Crippen molar-refractivity contribution < 1.29 is 15.2 Å². The van der Waals surface area contributed by atoms with E-state index in [0.29, 0.717) is 0 Å². The van der Waals surface area contributed by atoms with Gasteiger partial charge in [-0.1, -0.05) is 10.3 Å². The zero-order valence-electron chi connectivity index (χ0n) is 4.01. The summed E-state index contributed by atoms with van der Waals surface area (Å²) in [6.07, 6.45) is 0. The Morgan fingerprint density at radius 2 is 2.43 bits per heavy atom. The fraction of sp³-hybridized carbons (Fsp3) is 1.00. The fourth-order valence-corrected chi connectivity index (χ4v) is 0.152. The molecule has 0 saturated heterocycles. The first-order valence-corrected chi connectivity index (χ1v) is 1.84. The largest absolute Gasteiger partial charge is 0.564 e. The Labute approximate surface area is 41.0 Å². The summed E-state index contributed by atoms with van der Waals surface area (Å²) in [7, 11) is 0. The van der Waals surface area contributed by atoms with Crippen molar-refractivity contribution in [2.24, 2.45) is 5.90 Å². The van der Waals surface area contributed by atoms with Gasteiger partial charge in [-0.25, -0.2) is 0 Å². The van der Waals surface area contributed by atoms with E-state index in [9.17, 15) is 5.21 Å². The molecule has 0 rings (SSSR count). The van der Waals surface area contributed by atoms with Crippen LogP contribution in [0.1, 0.15) is 6.92 Å². The topological polar surface area (TPSA) is 72.0 Å². The van der Waals surface area contributed by atoms with Crippen LogP contribution in [0.3, 0.4) is 0 Å². The Morgan fingerprint density at radius 3 is 2.57 bits per heavy atom. The molecule has 0 aromatic heterocycles. The van der Waals surface area contributed by atoms with Crippen molar-refractivity contribution in [1.29, 1.82) is 0 Å². The summed E-state index contributed by atoms with van der Waals surface area (Å²) in [5.41, 5.74) is 0. The Hall–Kier alpha value is -0.200. The van der Waals surface area contributed by atoms with Crippen LogP contribution in [0.2, 0.25) is 0 Å². The molecule has 0 spiro atoms. The third-order valence-electron chi connectivity index (χ3n) is 0.358. The molecule has 0 aromatic carbocycles. The first-order valence-electron chi connectivity index (χ1n) is 1.84. The number of nitrogens with one attached hydrogen (secondary N) is 1. The minimum Gasteiger partial charge on any atom is -0.564 e. The van der Waals surface area contributed by atoms with Crippen molar-refractivity contribution in [3.05, 3.63) is 5.21 Å². The maximum Gasteiger partial charge on any atom is 0.108 e. The third-order valence-corrected chi connectivity index (χ3v) is 0.358. The second-order valence-corrected chi connectivity index (χ2v) is 0.801. The number of nitrogens with two attached hydrogens (primary N) is 1. The first kappa shape index (κ1) is 6.80. The van der Waals surface area contributed by atoms with Crippen molar-refractivity contribution in [1.82, 2.24) is 0 Å². The molecule has 0 fully saturated rings. The SMILES string of the molecule is CCO[NH+]([O-])ON. The van der Waals surface area contributed by atoms with Crippen LogP contribution in [0.5, 0.6) is 0 Å². The normalized spacial score (nSPS) is 14.1. The monoisotopic (exact) mass is 108 g/mol. The number of rotatable bonds is 3. The van der Waals surface area contributed by atoms with Gasteiger partial charge in [0.1, 0.15) is 6.61 Å². The van der Waals surface area contributed by atoms with Crippen LogP contribution in [0.25, 0.3) is 0 Å². The van der Waals surface area contributed by atoms with E-state index in [1.54, 1.807) is 6.92 Å². The van der Waals surface area contributed by atoms with E-state index in [1.165, 1.54) is 0 Å². The molecule has 0 amide bonds. The van der Waals surface area contributed by atoms with E-state index >= 15 is 0 Å². The molecule has 7 heavy (non-hydrogen) atoms. The van der Waals surface area contributed by atoms with Crippen molar-refractivity contribution in [2.45, 2.75) is 6.92 Å². The van der Waals surface area contributed by atoms with E-state index in [-0.39, 0.29) is 6.61 Å². The Balaban J connectivity index is 2.83. The predicted octanol–water partition coefficient (Wildman–Crippen LogP) is -1.87. The Bertz CT molecular complexity index is 41.9. The second kappa shape index (κ2) is 3.97. The third kappa shape index (κ3) is 3.64. The van der Waals surface area contributed by atoms with Crippen molar-refractivity contribution in [3.63, 3.8) is 0 Å². The molecule has 44 valence electrons. The zero-order chi connectivity index (χ0) is 5.70. The summed E-state index contributed by atoms with van der Waals surface area (Å²) >= 11 is 0. The zero-order valence-corrected chi connectivity index (χ0v) is 4.01. The van der Waals surface area contributed by atoms with Gasteiger partial charge in [0.05, 0.1) is 0 Å². The van der Waals surface area contributed by atoms with Gasteiger partial charge in [0.2, 0.25) is 0 Å². The lowest BCUT2D eigenvalue weighted by atomic mass is 10.9. The Kier molecular flexibility index (Phi) is 3.86. The minimum absolute atomic E-state index is 0.288. The molecule has 5 nitrogen and oxygen atoms in total. The molecule has 0 aliphatic heterocycles. The van der Waals surface area contributed by atoms with Crippen LogP contribution in [-0.2, 0) is 9.78 Å². The molecular weight excluding hydrogens is 100 g/mol. The summed E-state index contributed by atoms with van der Waals surface area (Å²) < 4.78 is 0. The molecule has 0 aliphatic carbocycles. The Morgan fingerprint density at radius 1 is 1.86 bits per heavy atom. The highest BCUT2D eigenvalue weighted by molar-refractivity contribution is 3.92. The van der Waals surface area contributed by atoms with Crippen molar-refractivity contribution in [2.75, 3.05) is 6.61 Å². The van der Waals surface area contributed by atoms with Gasteiger partial charge in [-0.05, 0) is 6.92 Å². The molecule has 0 saturated carbocycles. The van der Waals surface area contributed by atoms with Crippen LogP contribution >= 0.6 is 0 Å². The van der Waals surface area contributed by atoms with Gasteiger partial charge in [0, 0.05) is 0 Å². The fourth-order valence-electron chi connectivity index (χ4n) is 0.152. The minimum atomic E-state index is -0.845. The van der Waals surface area contributed by atoms with Crippen LogP contribution in [-0.4, -0.2) is 6.61 Å². The summed E-state index contributed by atoms with van der Waals surface area (Å²) in [4.78, 5) is 7.83. The van der Waals surface area contributed by atoms with Gasteiger partial charge >= 0.3 is 0 Å². The van der Waals surface area contributed by atoms with Crippen LogP contribution in [0, 0.1) is 5.21 Å². The molecule has 0 bridgehead atoms. The quantitative estimate of drug-likeness (QED) is 0.415. The predicted molar refractivity (Wildman–Crippen MR) is 21.2 cm³/mol. The number of hydrogen-bond donors (Lipinski definition) is 2. The molecular formula is C2H8N2O3. The van der Waals surface area contributed by atoms with Crippen molar-refractivity contribution >= 4 is 0 Å². The van der Waals surface area contributed by atoms with Crippen molar-refractivity contribution in [3.8, 4) is 0 Å². The maximum absolute atomic E-state index is 9.84. The molecule has 5 heteroatoms. The van der Waals surface area contributed by atoms with E-state index in [2.05, 4.69) is 15.7 Å². The van der Waals surface area contributed by atoms with Gasteiger partial charge < -0.3 is 5.21 Å². The first-order chi connectivity index (χ1) is 3.31. The molecule has 0 aromatic rings. The van der Waals surface area contributed by atoms with Crippen LogP contribution < -0.4 is 11.3 Å². The highest BCUT2D eigenvalue weighted by atomic mass is 17.1. The maximum atomic E-state index is 9.84. The average molecular weight is 108 g/mol. The number of quaternary nitrogens is 1.